The molecule has 0 aromatic heterocycles. The van der Waals surface area contributed by atoms with Crippen molar-refractivity contribution in [3.05, 3.63) is 195 Å². The van der Waals surface area contributed by atoms with Gasteiger partial charge in [0.25, 0.3) is 0 Å². The van der Waals surface area contributed by atoms with E-state index in [1.54, 1.807) is 0 Å². The molecule has 0 saturated heterocycles. The molecule has 1 heteroatoms. The zero-order valence-corrected chi connectivity index (χ0v) is 43.0. The normalized spacial score (nSPS) is 20.5. The van der Waals surface area contributed by atoms with Crippen LogP contribution in [0.1, 0.15) is 177 Å². The highest BCUT2D eigenvalue weighted by Crippen LogP contribution is 2.65. The van der Waals surface area contributed by atoms with E-state index >= 15 is 0 Å². The number of hydrogen-bond acceptors (Lipinski definition) is 1. The molecule has 5 aliphatic rings. The molecule has 68 heavy (non-hydrogen) atoms. The lowest BCUT2D eigenvalue weighted by Gasteiger charge is -2.47. The highest BCUT2D eigenvalue weighted by atomic mass is 15.2. The molecule has 0 fully saturated rings. The summed E-state index contributed by atoms with van der Waals surface area (Å²) in [5, 5.41) is 0. The van der Waals surface area contributed by atoms with Crippen LogP contribution in [0.4, 0.5) is 17.1 Å². The smallest absolute Gasteiger partial charge is 0.0726 e. The van der Waals surface area contributed by atoms with Crippen molar-refractivity contribution < 1.29 is 0 Å². The Hall–Kier alpha value is -5.66. The van der Waals surface area contributed by atoms with E-state index in [9.17, 15) is 0 Å². The minimum absolute atomic E-state index is 0.0392. The summed E-state index contributed by atoms with van der Waals surface area (Å²) in [6.45, 7) is 29.9. The maximum absolute atomic E-state index is 2.82. The van der Waals surface area contributed by atoms with E-state index in [-0.39, 0.29) is 32.5 Å². The first-order chi connectivity index (χ1) is 32.2. The van der Waals surface area contributed by atoms with E-state index in [4.69, 9.17) is 0 Å². The highest BCUT2D eigenvalue weighted by Gasteiger charge is 2.53. The van der Waals surface area contributed by atoms with Gasteiger partial charge in [-0.1, -0.05) is 198 Å². The van der Waals surface area contributed by atoms with Crippen molar-refractivity contribution in [2.24, 2.45) is 0 Å². The molecule has 12 rings (SSSR count). The largest absolute Gasteiger partial charge is 0.309 e. The molecule has 5 aliphatic carbocycles. The van der Waals surface area contributed by atoms with Gasteiger partial charge in [-0.05, 0) is 179 Å². The SMILES string of the molecule is CC1(C)CCC(C)(C)c2cc(-c3cc4c(cc3N(c3cccc5c3C(C)(C)CCC5(C)C)c3cccc5c3C(C)(C)CCC5(C)C)C3(c5ccccc5-c5ccccc53)c3ccccc3-4)ccc21. The molecule has 344 valence electrons. The number of anilines is 3. The average molecular weight is 890 g/mol. The Balaban J connectivity index is 1.27. The van der Waals surface area contributed by atoms with Crippen LogP contribution < -0.4 is 4.90 Å². The molecule has 0 bridgehead atoms. The second-order valence-corrected chi connectivity index (χ2v) is 25.6. The summed E-state index contributed by atoms with van der Waals surface area (Å²) >= 11 is 0. The zero-order chi connectivity index (χ0) is 47.6. The van der Waals surface area contributed by atoms with Crippen molar-refractivity contribution in [2.75, 3.05) is 4.90 Å². The predicted octanol–water partition coefficient (Wildman–Crippen LogP) is 18.2. The fourth-order valence-corrected chi connectivity index (χ4v) is 14.5. The minimum atomic E-state index is -0.477. The highest BCUT2D eigenvalue weighted by molar-refractivity contribution is 6.01. The Morgan fingerprint density at radius 3 is 1.16 bits per heavy atom. The summed E-state index contributed by atoms with van der Waals surface area (Å²) in [7, 11) is 0. The second-order valence-electron chi connectivity index (χ2n) is 25.6. The zero-order valence-electron chi connectivity index (χ0n) is 43.0. The number of fused-ring (bicyclic) bond motifs is 13. The molecule has 0 amide bonds. The summed E-state index contributed by atoms with van der Waals surface area (Å²) in [5.41, 5.74) is 26.1. The van der Waals surface area contributed by atoms with Crippen LogP contribution in [0.5, 0.6) is 0 Å². The third-order valence-corrected chi connectivity index (χ3v) is 18.6. The molecule has 0 saturated carbocycles. The summed E-state index contributed by atoms with van der Waals surface area (Å²) in [6.07, 6.45) is 7.00. The van der Waals surface area contributed by atoms with E-state index in [1.165, 1.54) is 132 Å². The van der Waals surface area contributed by atoms with E-state index in [2.05, 4.69) is 228 Å². The van der Waals surface area contributed by atoms with Gasteiger partial charge in [0.05, 0.1) is 22.5 Å². The van der Waals surface area contributed by atoms with Crippen LogP contribution >= 0.6 is 0 Å². The van der Waals surface area contributed by atoms with Gasteiger partial charge in [-0.15, -0.1) is 0 Å². The average Bonchev–Trinajstić information content (AvgIpc) is 3.78. The molecule has 0 aliphatic heterocycles. The number of hydrogen-bond donors (Lipinski definition) is 0. The molecule has 0 N–H and O–H groups in total. The van der Waals surface area contributed by atoms with Gasteiger partial charge in [0.1, 0.15) is 0 Å². The number of nitrogens with zero attached hydrogens (tertiary/aromatic N) is 1. The predicted molar refractivity (Wildman–Crippen MR) is 289 cm³/mol. The van der Waals surface area contributed by atoms with Gasteiger partial charge < -0.3 is 4.90 Å². The van der Waals surface area contributed by atoms with Crippen LogP contribution in [-0.4, -0.2) is 0 Å². The Labute approximate surface area is 408 Å². The van der Waals surface area contributed by atoms with Crippen LogP contribution in [0.15, 0.2) is 140 Å². The summed E-state index contributed by atoms with van der Waals surface area (Å²) in [6, 6.07) is 55.6. The molecule has 7 aromatic rings. The van der Waals surface area contributed by atoms with Gasteiger partial charge in [0, 0.05) is 5.56 Å². The lowest BCUT2D eigenvalue weighted by atomic mass is 9.61. The summed E-state index contributed by atoms with van der Waals surface area (Å²) in [4.78, 5) is 2.82. The summed E-state index contributed by atoms with van der Waals surface area (Å²) < 4.78 is 0. The van der Waals surface area contributed by atoms with E-state index in [1.807, 2.05) is 0 Å². The molecular weight excluding hydrogens is 819 g/mol. The number of rotatable bonds is 4. The van der Waals surface area contributed by atoms with E-state index < -0.39 is 5.41 Å². The molecule has 0 atom stereocenters. The van der Waals surface area contributed by atoms with Crippen LogP contribution in [0, 0.1) is 0 Å². The lowest BCUT2D eigenvalue weighted by Crippen LogP contribution is -2.37. The van der Waals surface area contributed by atoms with Crippen LogP contribution in [0.25, 0.3) is 33.4 Å². The minimum Gasteiger partial charge on any atom is -0.309 e. The quantitative estimate of drug-likeness (QED) is 0.170. The Bertz CT molecular complexity index is 3130. The molecule has 1 nitrogen and oxygen atoms in total. The topological polar surface area (TPSA) is 3.24 Å². The maximum Gasteiger partial charge on any atom is 0.0726 e. The standard InChI is InChI=1S/C67H71N/c1-61(2)33-34-64(7,8)55-39-42(31-32-51(55)61)46-40-47-45-23-15-18-26-50(45)67(48-24-16-13-21-43(48)44-22-14-17-25-49(44)67)54(47)41-58(46)68(56-29-19-27-52-59(56)65(9,10)37-35-62(52,3)4)57-30-20-28-53-60(57)66(11,12)38-36-63(53,5)6/h13-32,39-41H,33-38H2,1-12H3. The van der Waals surface area contributed by atoms with Crippen molar-refractivity contribution in [2.45, 2.75) is 160 Å². The lowest BCUT2D eigenvalue weighted by molar-refractivity contribution is 0.331. The van der Waals surface area contributed by atoms with Crippen molar-refractivity contribution in [1.82, 2.24) is 0 Å². The summed E-state index contributed by atoms with van der Waals surface area (Å²) in [5.74, 6) is 0. The Morgan fingerprint density at radius 2 is 0.676 bits per heavy atom. The first-order valence-corrected chi connectivity index (χ1v) is 25.9. The first-order valence-electron chi connectivity index (χ1n) is 25.9. The van der Waals surface area contributed by atoms with Gasteiger partial charge >= 0.3 is 0 Å². The molecule has 1 spiro atoms. The van der Waals surface area contributed by atoms with Crippen molar-refractivity contribution in [1.29, 1.82) is 0 Å². The van der Waals surface area contributed by atoms with Crippen molar-refractivity contribution in [3.8, 4) is 33.4 Å². The fourth-order valence-electron chi connectivity index (χ4n) is 14.5. The molecule has 0 radical (unpaired) electrons. The third kappa shape index (κ3) is 5.93. The second kappa shape index (κ2) is 14.2. The fraction of sp³-hybridized carbons (Fsp3) is 0.373. The van der Waals surface area contributed by atoms with Crippen LogP contribution in [0.2, 0.25) is 0 Å². The van der Waals surface area contributed by atoms with E-state index in [0.29, 0.717) is 0 Å². The van der Waals surface area contributed by atoms with Crippen LogP contribution in [0.3, 0.4) is 0 Å². The van der Waals surface area contributed by atoms with Gasteiger partial charge in [-0.2, -0.15) is 0 Å². The van der Waals surface area contributed by atoms with Gasteiger partial charge in [0.15, 0.2) is 0 Å². The monoisotopic (exact) mass is 890 g/mol. The number of benzene rings is 7. The Morgan fingerprint density at radius 1 is 0.279 bits per heavy atom. The molecule has 7 aromatic carbocycles. The van der Waals surface area contributed by atoms with Gasteiger partial charge in [-0.25, -0.2) is 0 Å². The first kappa shape index (κ1) is 43.6. The van der Waals surface area contributed by atoms with Crippen LogP contribution in [-0.2, 0) is 37.9 Å². The third-order valence-electron chi connectivity index (χ3n) is 18.6. The van der Waals surface area contributed by atoms with Gasteiger partial charge in [0.2, 0.25) is 0 Å². The van der Waals surface area contributed by atoms with Crippen molar-refractivity contribution in [3.63, 3.8) is 0 Å². The molecule has 0 heterocycles. The molecular formula is C67H71N. The Kier molecular flexibility index (Phi) is 9.12. The van der Waals surface area contributed by atoms with Gasteiger partial charge in [-0.3, -0.25) is 0 Å². The molecule has 0 unspecified atom stereocenters. The maximum atomic E-state index is 2.82. The van der Waals surface area contributed by atoms with E-state index in [0.717, 1.165) is 12.8 Å². The van der Waals surface area contributed by atoms with Crippen molar-refractivity contribution >= 4 is 17.1 Å².